The number of nitrogens with one attached hydrogen (secondary N) is 1. The average molecular weight is 501 g/mol. The Kier molecular flexibility index (Phi) is 9.55. The summed E-state index contributed by atoms with van der Waals surface area (Å²) in [7, 11) is 6.34. The molecule has 2 aromatic carbocycles. The van der Waals surface area contributed by atoms with Gasteiger partial charge in [0.2, 0.25) is 5.91 Å². The Labute approximate surface area is 212 Å². The number of likely N-dealkylation sites (N-methyl/N-ethyl adjacent to an activating group) is 1. The number of ether oxygens (including phenoxy) is 5. The van der Waals surface area contributed by atoms with Crippen molar-refractivity contribution in [1.82, 2.24) is 10.2 Å². The maximum Gasteiger partial charge on any atom is 0.254 e. The molecule has 0 aromatic heterocycles. The molecule has 9 heteroatoms. The summed E-state index contributed by atoms with van der Waals surface area (Å²) in [4.78, 5) is 28.8. The fraction of sp³-hybridized carbons (Fsp3) is 0.481. The average Bonchev–Trinajstić information content (AvgIpc) is 2.90. The molecular formula is C27H36N2O7. The van der Waals surface area contributed by atoms with E-state index >= 15 is 0 Å². The summed E-state index contributed by atoms with van der Waals surface area (Å²) in [6.07, 6.45) is 0.103. The van der Waals surface area contributed by atoms with Crippen LogP contribution in [0, 0.1) is 0 Å². The highest BCUT2D eigenvalue weighted by atomic mass is 16.7. The van der Waals surface area contributed by atoms with E-state index in [0.29, 0.717) is 54.6 Å². The number of amides is 2. The summed E-state index contributed by atoms with van der Waals surface area (Å²) in [6.45, 7) is 5.19. The summed E-state index contributed by atoms with van der Waals surface area (Å²) in [5.41, 5.74) is 1.80. The summed E-state index contributed by atoms with van der Waals surface area (Å²) in [6, 6.07) is 10.2. The summed E-state index contributed by atoms with van der Waals surface area (Å²) < 4.78 is 27.4. The van der Waals surface area contributed by atoms with E-state index in [1.54, 1.807) is 31.2 Å². The molecule has 2 amide bonds. The third kappa shape index (κ3) is 5.74. The molecule has 0 spiro atoms. The Hall–Kier alpha value is -3.30. The van der Waals surface area contributed by atoms with Gasteiger partial charge < -0.3 is 33.9 Å². The van der Waals surface area contributed by atoms with E-state index in [1.807, 2.05) is 38.1 Å². The maximum atomic E-state index is 13.7. The first-order valence-electron chi connectivity index (χ1n) is 12.1. The van der Waals surface area contributed by atoms with Crippen LogP contribution >= 0.6 is 0 Å². The zero-order valence-electron chi connectivity index (χ0n) is 21.8. The van der Waals surface area contributed by atoms with Gasteiger partial charge in [0.15, 0.2) is 17.8 Å². The number of carbonyl (C=O) groups is 2. The quantitative estimate of drug-likeness (QED) is 0.446. The molecule has 3 rings (SSSR count). The summed E-state index contributed by atoms with van der Waals surface area (Å²) in [5, 5.41) is 3.03. The maximum absolute atomic E-state index is 13.7. The van der Waals surface area contributed by atoms with Crippen molar-refractivity contribution < 1.29 is 33.3 Å². The van der Waals surface area contributed by atoms with E-state index in [9.17, 15) is 9.59 Å². The van der Waals surface area contributed by atoms with Crippen molar-refractivity contribution in [3.63, 3.8) is 0 Å². The van der Waals surface area contributed by atoms with Crippen LogP contribution in [0.25, 0.3) is 0 Å². The highest BCUT2D eigenvalue weighted by Crippen LogP contribution is 2.45. The number of hydrogen-bond acceptors (Lipinski definition) is 7. The Morgan fingerprint density at radius 2 is 1.58 bits per heavy atom. The monoisotopic (exact) mass is 500 g/mol. The fourth-order valence-electron chi connectivity index (χ4n) is 4.56. The normalized spacial score (nSPS) is 17.1. The smallest absolute Gasteiger partial charge is 0.254 e. The second-order valence-corrected chi connectivity index (χ2v) is 8.33. The molecule has 0 saturated carbocycles. The van der Waals surface area contributed by atoms with Crippen molar-refractivity contribution in [1.29, 1.82) is 0 Å². The van der Waals surface area contributed by atoms with E-state index in [2.05, 4.69) is 5.32 Å². The van der Waals surface area contributed by atoms with Crippen LogP contribution < -0.4 is 19.5 Å². The van der Waals surface area contributed by atoms with Crippen molar-refractivity contribution in [3.05, 3.63) is 53.1 Å². The fourth-order valence-corrected chi connectivity index (χ4v) is 4.56. The van der Waals surface area contributed by atoms with Crippen LogP contribution in [-0.4, -0.2) is 71.1 Å². The lowest BCUT2D eigenvalue weighted by Gasteiger charge is -2.40. The van der Waals surface area contributed by atoms with Crippen LogP contribution in [0.15, 0.2) is 36.4 Å². The minimum Gasteiger partial charge on any atom is -0.497 e. The van der Waals surface area contributed by atoms with Gasteiger partial charge in [-0.1, -0.05) is 12.1 Å². The first-order chi connectivity index (χ1) is 17.4. The van der Waals surface area contributed by atoms with Gasteiger partial charge in [0.1, 0.15) is 5.75 Å². The minimum atomic E-state index is -0.687. The molecule has 2 atom stereocenters. The first-order valence-corrected chi connectivity index (χ1v) is 12.1. The zero-order chi connectivity index (χ0) is 26.2. The van der Waals surface area contributed by atoms with Crippen LogP contribution in [0.2, 0.25) is 0 Å². The topological polar surface area (TPSA) is 95.6 Å². The molecule has 1 heterocycles. The van der Waals surface area contributed by atoms with Crippen molar-refractivity contribution in [2.75, 3.05) is 48.1 Å². The second kappa shape index (κ2) is 12.6. The van der Waals surface area contributed by atoms with Crippen molar-refractivity contribution in [3.8, 4) is 17.2 Å². The molecule has 2 aromatic rings. The third-order valence-electron chi connectivity index (χ3n) is 6.30. The van der Waals surface area contributed by atoms with E-state index in [-0.39, 0.29) is 11.8 Å². The SMILES string of the molecule is CCOC(CCNC(=O)C1c2cc(OC)c(OC)cc2C(=O)N(C)C1c1ccc(OC)cc1)OCC. The Morgan fingerprint density at radius 3 is 2.14 bits per heavy atom. The van der Waals surface area contributed by atoms with Gasteiger partial charge in [-0.3, -0.25) is 9.59 Å². The largest absolute Gasteiger partial charge is 0.497 e. The van der Waals surface area contributed by atoms with E-state index in [1.165, 1.54) is 14.2 Å². The molecule has 9 nitrogen and oxygen atoms in total. The molecule has 196 valence electrons. The molecule has 0 aliphatic carbocycles. The van der Waals surface area contributed by atoms with Gasteiger partial charge in [0.25, 0.3) is 5.91 Å². The second-order valence-electron chi connectivity index (χ2n) is 8.33. The Balaban J connectivity index is 2.01. The van der Waals surface area contributed by atoms with Gasteiger partial charge in [-0.15, -0.1) is 0 Å². The van der Waals surface area contributed by atoms with Gasteiger partial charge in [-0.05, 0) is 49.2 Å². The lowest BCUT2D eigenvalue weighted by Crippen LogP contribution is -2.46. The van der Waals surface area contributed by atoms with Crippen molar-refractivity contribution in [2.45, 2.75) is 38.5 Å². The molecule has 0 radical (unpaired) electrons. The van der Waals surface area contributed by atoms with Crippen molar-refractivity contribution in [2.24, 2.45) is 0 Å². The van der Waals surface area contributed by atoms with E-state index < -0.39 is 18.2 Å². The molecular weight excluding hydrogens is 464 g/mol. The van der Waals surface area contributed by atoms with Gasteiger partial charge in [0, 0.05) is 38.8 Å². The summed E-state index contributed by atoms with van der Waals surface area (Å²) >= 11 is 0. The molecule has 0 bridgehead atoms. The highest BCUT2D eigenvalue weighted by Gasteiger charge is 2.43. The van der Waals surface area contributed by atoms with Gasteiger partial charge in [-0.2, -0.15) is 0 Å². The third-order valence-corrected chi connectivity index (χ3v) is 6.30. The number of carbonyl (C=O) groups excluding carboxylic acids is 2. The number of nitrogens with zero attached hydrogens (tertiary/aromatic N) is 1. The number of hydrogen-bond donors (Lipinski definition) is 1. The molecule has 2 unspecified atom stereocenters. The lowest BCUT2D eigenvalue weighted by atomic mass is 9.79. The molecule has 0 saturated heterocycles. The zero-order valence-corrected chi connectivity index (χ0v) is 21.8. The first kappa shape index (κ1) is 27.3. The van der Waals surface area contributed by atoms with Gasteiger partial charge in [0.05, 0.1) is 33.3 Å². The summed E-state index contributed by atoms with van der Waals surface area (Å²) in [5.74, 6) is 0.464. The predicted molar refractivity (Wildman–Crippen MR) is 135 cm³/mol. The minimum absolute atomic E-state index is 0.205. The molecule has 1 aliphatic rings. The molecule has 36 heavy (non-hydrogen) atoms. The van der Waals surface area contributed by atoms with Gasteiger partial charge in [-0.25, -0.2) is 0 Å². The van der Waals surface area contributed by atoms with Crippen LogP contribution in [0.3, 0.4) is 0 Å². The number of fused-ring (bicyclic) bond motifs is 1. The molecule has 1 aliphatic heterocycles. The van der Waals surface area contributed by atoms with Crippen LogP contribution in [0.4, 0.5) is 0 Å². The lowest BCUT2D eigenvalue weighted by molar-refractivity contribution is -0.140. The van der Waals surface area contributed by atoms with E-state index in [0.717, 1.165) is 5.56 Å². The van der Waals surface area contributed by atoms with Crippen molar-refractivity contribution >= 4 is 11.8 Å². The van der Waals surface area contributed by atoms with Crippen LogP contribution in [0.1, 0.15) is 53.7 Å². The Bertz CT molecular complexity index is 1040. The highest BCUT2D eigenvalue weighted by molar-refractivity contribution is 6.02. The molecule has 1 N–H and O–H groups in total. The van der Waals surface area contributed by atoms with E-state index in [4.69, 9.17) is 23.7 Å². The van der Waals surface area contributed by atoms with Gasteiger partial charge >= 0.3 is 0 Å². The number of benzene rings is 2. The number of rotatable bonds is 12. The van der Waals surface area contributed by atoms with Crippen LogP contribution in [0.5, 0.6) is 17.2 Å². The standard InChI is InChI=1S/C27H36N2O7/c1-7-35-23(36-8-2)13-14-28-26(30)24-19-15-21(33-5)22(34-6)16-20(19)27(31)29(3)25(24)17-9-11-18(32-4)12-10-17/h9-12,15-16,23-25H,7-8,13-14H2,1-6H3,(H,28,30). The molecule has 0 fully saturated rings. The predicted octanol–water partition coefficient (Wildman–Crippen LogP) is 3.53. The van der Waals surface area contributed by atoms with Crippen LogP contribution in [-0.2, 0) is 14.3 Å². The number of methoxy groups -OCH3 is 3. The Morgan fingerprint density at radius 1 is 0.972 bits per heavy atom.